The number of halogens is 7. The van der Waals surface area contributed by atoms with Crippen molar-refractivity contribution in [1.29, 1.82) is 0 Å². The molecule has 3 aromatic rings. The highest BCUT2D eigenvalue weighted by molar-refractivity contribution is 5.95. The number of aromatic nitrogens is 1. The highest BCUT2D eigenvalue weighted by atomic mass is 19.4. The van der Waals surface area contributed by atoms with Gasteiger partial charge >= 0.3 is 12.4 Å². The van der Waals surface area contributed by atoms with Crippen molar-refractivity contribution < 1.29 is 40.3 Å². The summed E-state index contributed by atoms with van der Waals surface area (Å²) < 4.78 is 99.5. The lowest BCUT2D eigenvalue weighted by Gasteiger charge is -2.42. The van der Waals surface area contributed by atoms with Crippen LogP contribution in [-0.2, 0) is 25.3 Å². The molecule has 0 N–H and O–H groups in total. The van der Waals surface area contributed by atoms with Crippen LogP contribution in [0.3, 0.4) is 0 Å². The predicted octanol–water partition coefficient (Wildman–Crippen LogP) is 5.84. The molecule has 0 aliphatic carbocycles. The van der Waals surface area contributed by atoms with Crippen LogP contribution >= 0.6 is 0 Å². The molecule has 0 saturated carbocycles. The van der Waals surface area contributed by atoms with Crippen molar-refractivity contribution in [2.45, 2.75) is 31.4 Å². The predicted molar refractivity (Wildman–Crippen MR) is 127 cm³/mol. The van der Waals surface area contributed by atoms with Gasteiger partial charge in [0.05, 0.1) is 18.2 Å². The maximum Gasteiger partial charge on any atom is 0.416 e. The molecule has 0 spiro atoms. The number of benzene rings is 2. The molecule has 208 valence electrons. The summed E-state index contributed by atoms with van der Waals surface area (Å²) in [7, 11) is 1.29. The first-order valence-corrected chi connectivity index (χ1v) is 11.9. The molecule has 1 aliphatic heterocycles. The van der Waals surface area contributed by atoms with Crippen molar-refractivity contribution in [3.8, 4) is 5.75 Å². The zero-order valence-electron chi connectivity index (χ0n) is 20.7. The maximum atomic E-state index is 14.0. The van der Waals surface area contributed by atoms with E-state index in [1.807, 2.05) is 11.0 Å². The fraction of sp³-hybridized carbons (Fsp3) is 0.333. The summed E-state index contributed by atoms with van der Waals surface area (Å²) in [5, 5.41) is 0. The van der Waals surface area contributed by atoms with Crippen LogP contribution in [0.2, 0.25) is 0 Å². The van der Waals surface area contributed by atoms with E-state index < -0.39 is 46.8 Å². The fourth-order valence-corrected chi connectivity index (χ4v) is 4.60. The van der Waals surface area contributed by atoms with Crippen molar-refractivity contribution >= 4 is 5.91 Å². The number of carbonyl (C=O) groups excluding carboxylic acids is 1. The van der Waals surface area contributed by atoms with Gasteiger partial charge in [0.25, 0.3) is 5.91 Å². The van der Waals surface area contributed by atoms with Crippen LogP contribution in [0.1, 0.15) is 32.6 Å². The number of amides is 1. The first-order valence-electron chi connectivity index (χ1n) is 11.9. The number of ether oxygens (including phenoxy) is 1. The van der Waals surface area contributed by atoms with Gasteiger partial charge in [-0.25, -0.2) is 4.39 Å². The van der Waals surface area contributed by atoms with Gasteiger partial charge in [0.1, 0.15) is 0 Å². The monoisotopic (exact) mass is 555 g/mol. The molecule has 5 nitrogen and oxygen atoms in total. The first kappa shape index (κ1) is 28.3. The van der Waals surface area contributed by atoms with Crippen LogP contribution in [0.5, 0.6) is 5.75 Å². The Hall–Kier alpha value is -3.67. The van der Waals surface area contributed by atoms with Gasteiger partial charge < -0.3 is 9.64 Å². The average Bonchev–Trinajstić information content (AvgIpc) is 2.89. The number of hydrogen-bond acceptors (Lipinski definition) is 4. The van der Waals surface area contributed by atoms with E-state index in [9.17, 15) is 35.5 Å². The van der Waals surface area contributed by atoms with Gasteiger partial charge in [-0.05, 0) is 53.9 Å². The summed E-state index contributed by atoms with van der Waals surface area (Å²) >= 11 is 0. The lowest BCUT2D eigenvalue weighted by atomic mass is 9.98. The summed E-state index contributed by atoms with van der Waals surface area (Å²) in [5.41, 5.74) is -2.35. The van der Waals surface area contributed by atoms with Crippen LogP contribution in [0.25, 0.3) is 0 Å². The van der Waals surface area contributed by atoms with Gasteiger partial charge in [-0.2, -0.15) is 26.3 Å². The number of hydrogen-bond donors (Lipinski definition) is 0. The van der Waals surface area contributed by atoms with Gasteiger partial charge in [0.15, 0.2) is 11.6 Å². The van der Waals surface area contributed by atoms with E-state index in [-0.39, 0.29) is 31.3 Å². The fourth-order valence-electron chi connectivity index (χ4n) is 4.60. The molecule has 0 radical (unpaired) electrons. The highest BCUT2D eigenvalue weighted by Crippen LogP contribution is 2.37. The number of methoxy groups -OCH3 is 1. The Morgan fingerprint density at radius 1 is 0.974 bits per heavy atom. The third kappa shape index (κ3) is 6.86. The number of nitrogens with zero attached hydrogens (tertiary/aromatic N) is 3. The molecule has 2 heterocycles. The Morgan fingerprint density at radius 3 is 2.26 bits per heavy atom. The number of pyridine rings is 1. The molecule has 0 bridgehead atoms. The van der Waals surface area contributed by atoms with Crippen molar-refractivity contribution in [2.24, 2.45) is 0 Å². The normalized spacial score (nSPS) is 16.8. The zero-order chi connectivity index (χ0) is 28.4. The van der Waals surface area contributed by atoms with Crippen LogP contribution in [0.4, 0.5) is 30.7 Å². The Balaban J connectivity index is 1.67. The van der Waals surface area contributed by atoms with Crippen LogP contribution in [0.15, 0.2) is 60.9 Å². The second-order valence-corrected chi connectivity index (χ2v) is 9.22. The molecule has 12 heteroatoms. The van der Waals surface area contributed by atoms with Gasteiger partial charge in [0, 0.05) is 50.2 Å². The lowest BCUT2D eigenvalue weighted by Crippen LogP contribution is -2.55. The van der Waals surface area contributed by atoms with Crippen LogP contribution in [-0.4, -0.2) is 53.5 Å². The van der Waals surface area contributed by atoms with Gasteiger partial charge in [-0.1, -0.05) is 12.1 Å². The topological polar surface area (TPSA) is 45.7 Å². The standard InChI is InChI=1S/C27H24F7N3O2/c1-39-24-10-17(4-5-23(24)28)9-22-16-36(15-18-3-2-6-35-14-18)7-8-37(22)25(38)19-11-20(26(29,30)31)13-21(12-19)27(32,33)34/h2-6,10-14,22H,7-9,15-16H2,1H3/t22-/m1/s1. The highest BCUT2D eigenvalue weighted by Gasteiger charge is 2.39. The molecule has 1 atom stereocenters. The molecular formula is C27H24F7N3O2. The summed E-state index contributed by atoms with van der Waals surface area (Å²) in [5.74, 6) is -1.58. The largest absolute Gasteiger partial charge is 0.494 e. The number of piperazine rings is 1. The molecule has 2 aromatic carbocycles. The molecule has 4 rings (SSSR count). The summed E-state index contributed by atoms with van der Waals surface area (Å²) in [6.07, 6.45) is -6.70. The van der Waals surface area contributed by atoms with E-state index in [4.69, 9.17) is 4.74 Å². The molecule has 1 amide bonds. The van der Waals surface area contributed by atoms with Crippen LogP contribution < -0.4 is 4.74 Å². The Morgan fingerprint density at radius 2 is 1.67 bits per heavy atom. The van der Waals surface area contributed by atoms with E-state index in [2.05, 4.69) is 4.98 Å². The second-order valence-electron chi connectivity index (χ2n) is 9.22. The van der Waals surface area contributed by atoms with Crippen molar-refractivity contribution in [3.63, 3.8) is 0 Å². The molecule has 1 aromatic heterocycles. The first-order chi connectivity index (χ1) is 18.3. The Kier molecular flexibility index (Phi) is 8.15. The zero-order valence-corrected chi connectivity index (χ0v) is 20.7. The average molecular weight is 555 g/mol. The third-order valence-electron chi connectivity index (χ3n) is 6.48. The Labute approximate surface area is 219 Å². The van der Waals surface area contributed by atoms with Gasteiger partial charge in [0.2, 0.25) is 0 Å². The molecule has 1 fully saturated rings. The van der Waals surface area contributed by atoms with Crippen molar-refractivity contribution in [2.75, 3.05) is 26.7 Å². The van der Waals surface area contributed by atoms with E-state index in [1.54, 1.807) is 18.5 Å². The lowest BCUT2D eigenvalue weighted by molar-refractivity contribution is -0.143. The number of rotatable bonds is 6. The second kappa shape index (κ2) is 11.2. The van der Waals surface area contributed by atoms with Crippen LogP contribution in [0, 0.1) is 5.82 Å². The quantitative estimate of drug-likeness (QED) is 0.359. The number of carbonyl (C=O) groups is 1. The molecule has 1 aliphatic rings. The van der Waals surface area contributed by atoms with E-state index in [1.165, 1.54) is 30.2 Å². The molecule has 0 unspecified atom stereocenters. The SMILES string of the molecule is COc1cc(C[C@@H]2CN(Cc3cccnc3)CCN2C(=O)c2cc(C(F)(F)F)cc(C(F)(F)F)c2)ccc1F. The molecule has 39 heavy (non-hydrogen) atoms. The van der Waals surface area contributed by atoms with E-state index in [0.717, 1.165) is 5.56 Å². The minimum Gasteiger partial charge on any atom is -0.494 e. The minimum absolute atomic E-state index is 0.00904. The van der Waals surface area contributed by atoms with Crippen molar-refractivity contribution in [1.82, 2.24) is 14.8 Å². The smallest absolute Gasteiger partial charge is 0.416 e. The number of alkyl halides is 6. The third-order valence-corrected chi connectivity index (χ3v) is 6.48. The van der Waals surface area contributed by atoms with E-state index in [0.29, 0.717) is 30.8 Å². The van der Waals surface area contributed by atoms with Gasteiger partial charge in [-0.15, -0.1) is 0 Å². The molecular weight excluding hydrogens is 531 g/mol. The van der Waals surface area contributed by atoms with Crippen molar-refractivity contribution in [3.05, 3.63) is 94.6 Å². The summed E-state index contributed by atoms with van der Waals surface area (Å²) in [6, 6.07) is 8.01. The summed E-state index contributed by atoms with van der Waals surface area (Å²) in [4.78, 5) is 20.9. The Bertz CT molecular complexity index is 1280. The molecule has 1 saturated heterocycles. The maximum absolute atomic E-state index is 14.0. The van der Waals surface area contributed by atoms with Gasteiger partial charge in [-0.3, -0.25) is 14.7 Å². The minimum atomic E-state index is -5.08. The van der Waals surface area contributed by atoms with E-state index >= 15 is 0 Å². The summed E-state index contributed by atoms with van der Waals surface area (Å²) in [6.45, 7) is 1.13.